The number of carbonyl (C=O) groups is 1. The van der Waals surface area contributed by atoms with Crippen molar-refractivity contribution in [1.82, 2.24) is 20.0 Å². The molecule has 22 heavy (non-hydrogen) atoms. The van der Waals surface area contributed by atoms with Gasteiger partial charge in [0, 0.05) is 39.3 Å². The lowest BCUT2D eigenvalue weighted by Crippen LogP contribution is -2.49. The Morgan fingerprint density at radius 3 is 2.55 bits per heavy atom. The number of amides is 1. The van der Waals surface area contributed by atoms with E-state index in [1.54, 1.807) is 0 Å². The van der Waals surface area contributed by atoms with Gasteiger partial charge in [-0.2, -0.15) is 0 Å². The second kappa shape index (κ2) is 9.45. The van der Waals surface area contributed by atoms with E-state index >= 15 is 0 Å². The van der Waals surface area contributed by atoms with Crippen LogP contribution >= 0.6 is 0 Å². The zero-order valence-electron chi connectivity index (χ0n) is 14.0. The number of aliphatic hydroxyl groups excluding tert-OH is 1. The van der Waals surface area contributed by atoms with Crippen molar-refractivity contribution in [2.75, 3.05) is 65.4 Å². The minimum absolute atomic E-state index is 0.142. The SMILES string of the molecule is CCN1CCN(CC(=O)NCCCN2CCC[C@@H](O)C2)CC1. The van der Waals surface area contributed by atoms with E-state index in [2.05, 4.69) is 26.9 Å². The number of nitrogens with one attached hydrogen (secondary N) is 1. The molecule has 2 N–H and O–H groups in total. The van der Waals surface area contributed by atoms with Crippen molar-refractivity contribution in [3.05, 3.63) is 0 Å². The van der Waals surface area contributed by atoms with Crippen LogP contribution in [0.25, 0.3) is 0 Å². The molecule has 0 aromatic heterocycles. The minimum Gasteiger partial charge on any atom is -0.392 e. The summed E-state index contributed by atoms with van der Waals surface area (Å²) in [5.74, 6) is 0.142. The second-order valence-corrected chi connectivity index (χ2v) is 6.51. The molecule has 2 aliphatic rings. The van der Waals surface area contributed by atoms with Crippen LogP contribution < -0.4 is 5.32 Å². The van der Waals surface area contributed by atoms with Crippen LogP contribution in [0.2, 0.25) is 0 Å². The first-order chi connectivity index (χ1) is 10.7. The Morgan fingerprint density at radius 1 is 1.14 bits per heavy atom. The third kappa shape index (κ3) is 6.20. The number of hydrogen-bond donors (Lipinski definition) is 2. The summed E-state index contributed by atoms with van der Waals surface area (Å²) in [5, 5.41) is 12.6. The largest absolute Gasteiger partial charge is 0.392 e. The third-order valence-corrected chi connectivity index (χ3v) is 4.73. The van der Waals surface area contributed by atoms with Crippen molar-refractivity contribution in [2.45, 2.75) is 32.3 Å². The van der Waals surface area contributed by atoms with E-state index in [1.807, 2.05) is 0 Å². The smallest absolute Gasteiger partial charge is 0.234 e. The van der Waals surface area contributed by atoms with Crippen LogP contribution in [-0.4, -0.2) is 97.3 Å². The molecule has 0 aromatic carbocycles. The van der Waals surface area contributed by atoms with Crippen molar-refractivity contribution in [3.8, 4) is 0 Å². The summed E-state index contributed by atoms with van der Waals surface area (Å²) in [5.41, 5.74) is 0. The molecule has 2 fully saturated rings. The number of piperazine rings is 1. The summed E-state index contributed by atoms with van der Waals surface area (Å²) in [6.45, 7) is 11.5. The maximum atomic E-state index is 11.9. The van der Waals surface area contributed by atoms with Gasteiger partial charge in [-0.25, -0.2) is 0 Å². The van der Waals surface area contributed by atoms with Crippen LogP contribution in [0.5, 0.6) is 0 Å². The molecule has 2 saturated heterocycles. The molecule has 2 rings (SSSR count). The molecular weight excluding hydrogens is 280 g/mol. The van der Waals surface area contributed by atoms with Gasteiger partial charge in [0.15, 0.2) is 0 Å². The summed E-state index contributed by atoms with van der Waals surface area (Å²) in [6, 6.07) is 0. The zero-order chi connectivity index (χ0) is 15.8. The van der Waals surface area contributed by atoms with Gasteiger partial charge in [-0.3, -0.25) is 9.69 Å². The van der Waals surface area contributed by atoms with Gasteiger partial charge < -0.3 is 20.2 Å². The molecule has 0 radical (unpaired) electrons. The van der Waals surface area contributed by atoms with Crippen molar-refractivity contribution >= 4 is 5.91 Å². The van der Waals surface area contributed by atoms with Gasteiger partial charge in [-0.15, -0.1) is 0 Å². The standard InChI is InChI=1S/C16H32N4O2/c1-2-18-9-11-20(12-10-18)14-16(22)17-6-4-8-19-7-3-5-15(21)13-19/h15,21H,2-14H2,1H3,(H,17,22)/t15-/m1/s1. The lowest BCUT2D eigenvalue weighted by molar-refractivity contribution is -0.122. The number of aliphatic hydroxyl groups is 1. The van der Waals surface area contributed by atoms with Gasteiger partial charge in [0.2, 0.25) is 5.91 Å². The van der Waals surface area contributed by atoms with Crippen LogP contribution in [-0.2, 0) is 4.79 Å². The van der Waals surface area contributed by atoms with Crippen molar-refractivity contribution in [3.63, 3.8) is 0 Å². The molecule has 0 spiro atoms. The topological polar surface area (TPSA) is 59.0 Å². The first kappa shape index (κ1) is 17.7. The number of hydrogen-bond acceptors (Lipinski definition) is 5. The van der Waals surface area contributed by atoms with E-state index in [4.69, 9.17) is 0 Å². The highest BCUT2D eigenvalue weighted by molar-refractivity contribution is 5.77. The summed E-state index contributed by atoms with van der Waals surface area (Å²) in [7, 11) is 0. The fraction of sp³-hybridized carbons (Fsp3) is 0.938. The van der Waals surface area contributed by atoms with Crippen LogP contribution in [0.1, 0.15) is 26.2 Å². The minimum atomic E-state index is -0.162. The highest BCUT2D eigenvalue weighted by Gasteiger charge is 2.18. The second-order valence-electron chi connectivity index (χ2n) is 6.51. The van der Waals surface area contributed by atoms with E-state index in [-0.39, 0.29) is 12.0 Å². The average Bonchev–Trinajstić information content (AvgIpc) is 2.52. The van der Waals surface area contributed by atoms with Crippen LogP contribution in [0.3, 0.4) is 0 Å². The first-order valence-corrected chi connectivity index (χ1v) is 8.79. The number of piperidine rings is 1. The monoisotopic (exact) mass is 312 g/mol. The van der Waals surface area contributed by atoms with Crippen LogP contribution in [0, 0.1) is 0 Å². The summed E-state index contributed by atoms with van der Waals surface area (Å²) >= 11 is 0. The quantitative estimate of drug-likeness (QED) is 0.626. The van der Waals surface area contributed by atoms with Gasteiger partial charge in [0.25, 0.3) is 0 Å². The molecule has 0 aromatic rings. The Labute approximate surface area is 134 Å². The zero-order valence-corrected chi connectivity index (χ0v) is 14.0. The lowest BCUT2D eigenvalue weighted by atomic mass is 10.1. The number of carbonyl (C=O) groups excluding carboxylic acids is 1. The highest BCUT2D eigenvalue weighted by Crippen LogP contribution is 2.09. The van der Waals surface area contributed by atoms with E-state index in [9.17, 15) is 9.90 Å². The number of likely N-dealkylation sites (N-methyl/N-ethyl adjacent to an activating group) is 1. The molecule has 6 nitrogen and oxygen atoms in total. The normalized spacial score (nSPS) is 25.3. The molecule has 0 bridgehead atoms. The molecule has 0 saturated carbocycles. The van der Waals surface area contributed by atoms with Gasteiger partial charge in [-0.1, -0.05) is 6.92 Å². The highest BCUT2D eigenvalue weighted by atomic mass is 16.3. The Hall–Kier alpha value is -0.690. The van der Waals surface area contributed by atoms with Gasteiger partial charge in [0.05, 0.1) is 12.6 Å². The maximum Gasteiger partial charge on any atom is 0.234 e. The third-order valence-electron chi connectivity index (χ3n) is 4.73. The van der Waals surface area contributed by atoms with E-state index in [0.29, 0.717) is 6.54 Å². The molecule has 128 valence electrons. The fourth-order valence-corrected chi connectivity index (χ4v) is 3.29. The number of likely N-dealkylation sites (tertiary alicyclic amines) is 1. The summed E-state index contributed by atoms with van der Waals surface area (Å²) in [6.07, 6.45) is 2.81. The molecule has 0 unspecified atom stereocenters. The molecule has 1 atom stereocenters. The van der Waals surface area contributed by atoms with Gasteiger partial charge >= 0.3 is 0 Å². The lowest BCUT2D eigenvalue weighted by Gasteiger charge is -2.33. The van der Waals surface area contributed by atoms with E-state index in [0.717, 1.165) is 78.2 Å². The van der Waals surface area contributed by atoms with Crippen molar-refractivity contribution < 1.29 is 9.90 Å². The number of β-amino-alcohol motifs (C(OH)–C–C–N with tert-alkyl or cyclic N) is 1. The molecule has 6 heteroatoms. The number of rotatable bonds is 7. The molecular formula is C16H32N4O2. The predicted octanol–water partition coefficient (Wildman–Crippen LogP) is -0.413. The van der Waals surface area contributed by atoms with Crippen molar-refractivity contribution in [1.29, 1.82) is 0 Å². The maximum absolute atomic E-state index is 11.9. The average molecular weight is 312 g/mol. The Morgan fingerprint density at radius 2 is 1.86 bits per heavy atom. The molecule has 0 aliphatic carbocycles. The molecule has 2 heterocycles. The molecule has 2 aliphatic heterocycles. The van der Waals surface area contributed by atoms with Crippen LogP contribution in [0.15, 0.2) is 0 Å². The van der Waals surface area contributed by atoms with E-state index in [1.165, 1.54) is 0 Å². The van der Waals surface area contributed by atoms with Crippen LogP contribution in [0.4, 0.5) is 0 Å². The predicted molar refractivity (Wildman–Crippen MR) is 87.9 cm³/mol. The number of nitrogens with zero attached hydrogens (tertiary/aromatic N) is 3. The fourth-order valence-electron chi connectivity index (χ4n) is 3.29. The van der Waals surface area contributed by atoms with Gasteiger partial charge in [-0.05, 0) is 38.9 Å². The molecule has 1 amide bonds. The Balaban J connectivity index is 1.51. The first-order valence-electron chi connectivity index (χ1n) is 8.79. The Bertz CT molecular complexity index is 332. The van der Waals surface area contributed by atoms with Crippen molar-refractivity contribution in [2.24, 2.45) is 0 Å². The summed E-state index contributed by atoms with van der Waals surface area (Å²) in [4.78, 5) is 18.9. The van der Waals surface area contributed by atoms with Gasteiger partial charge in [0.1, 0.15) is 0 Å². The van der Waals surface area contributed by atoms with E-state index < -0.39 is 0 Å². The Kier molecular flexibility index (Phi) is 7.59. The summed E-state index contributed by atoms with van der Waals surface area (Å²) < 4.78 is 0.